The standard InChI is InChI=1S/C9H6BrFN2O2/c10-5-1-4(8(14)2-6(5)11)7-3-9(12)15-13-7/h1-3,14H,12H2. The Labute approximate surface area is 92.6 Å². The van der Waals surface area contributed by atoms with Crippen LogP contribution in [0.15, 0.2) is 27.2 Å². The lowest BCUT2D eigenvalue weighted by atomic mass is 10.1. The van der Waals surface area contributed by atoms with Crippen LogP contribution in [-0.4, -0.2) is 10.3 Å². The van der Waals surface area contributed by atoms with Crippen molar-refractivity contribution in [1.29, 1.82) is 0 Å². The van der Waals surface area contributed by atoms with Crippen molar-refractivity contribution in [3.05, 3.63) is 28.5 Å². The molecule has 78 valence electrons. The number of aromatic hydroxyl groups is 1. The highest BCUT2D eigenvalue weighted by atomic mass is 79.9. The van der Waals surface area contributed by atoms with Crippen LogP contribution in [0.3, 0.4) is 0 Å². The Kier molecular flexibility index (Phi) is 2.36. The van der Waals surface area contributed by atoms with Gasteiger partial charge in [0.05, 0.1) is 4.47 Å². The van der Waals surface area contributed by atoms with Crippen molar-refractivity contribution in [3.8, 4) is 17.0 Å². The molecule has 1 aromatic carbocycles. The fraction of sp³-hybridized carbons (Fsp3) is 0. The summed E-state index contributed by atoms with van der Waals surface area (Å²) in [7, 11) is 0. The molecular formula is C9H6BrFN2O2. The zero-order valence-corrected chi connectivity index (χ0v) is 8.95. The van der Waals surface area contributed by atoms with E-state index in [-0.39, 0.29) is 16.1 Å². The van der Waals surface area contributed by atoms with E-state index in [1.54, 1.807) is 0 Å². The highest BCUT2D eigenvalue weighted by molar-refractivity contribution is 9.10. The Morgan fingerprint density at radius 1 is 1.40 bits per heavy atom. The van der Waals surface area contributed by atoms with Crippen LogP contribution in [0.5, 0.6) is 5.75 Å². The first-order chi connectivity index (χ1) is 7.08. The second kappa shape index (κ2) is 3.54. The first-order valence-corrected chi connectivity index (χ1v) is 4.78. The van der Waals surface area contributed by atoms with Gasteiger partial charge in [-0.3, -0.25) is 0 Å². The first-order valence-electron chi connectivity index (χ1n) is 3.98. The van der Waals surface area contributed by atoms with Gasteiger partial charge in [-0.15, -0.1) is 0 Å². The van der Waals surface area contributed by atoms with Gasteiger partial charge < -0.3 is 15.4 Å². The third-order valence-corrected chi connectivity index (χ3v) is 2.45. The van der Waals surface area contributed by atoms with E-state index in [0.29, 0.717) is 11.3 Å². The number of phenolic OH excluding ortho intramolecular Hbond substituents is 1. The van der Waals surface area contributed by atoms with Crippen molar-refractivity contribution in [2.45, 2.75) is 0 Å². The average molecular weight is 273 g/mol. The highest BCUT2D eigenvalue weighted by Gasteiger charge is 2.12. The van der Waals surface area contributed by atoms with Gasteiger partial charge in [-0.1, -0.05) is 5.16 Å². The van der Waals surface area contributed by atoms with Crippen LogP contribution >= 0.6 is 15.9 Å². The lowest BCUT2D eigenvalue weighted by Crippen LogP contribution is -1.83. The predicted molar refractivity (Wildman–Crippen MR) is 55.7 cm³/mol. The van der Waals surface area contributed by atoms with E-state index in [4.69, 9.17) is 5.73 Å². The lowest BCUT2D eigenvalue weighted by molar-refractivity contribution is 0.437. The Hall–Kier alpha value is -1.56. The van der Waals surface area contributed by atoms with Gasteiger partial charge in [-0.2, -0.15) is 0 Å². The largest absolute Gasteiger partial charge is 0.507 e. The minimum atomic E-state index is -0.548. The molecule has 0 aliphatic carbocycles. The molecule has 0 saturated heterocycles. The van der Waals surface area contributed by atoms with Gasteiger partial charge in [0.1, 0.15) is 17.3 Å². The molecule has 0 amide bonds. The molecule has 6 heteroatoms. The van der Waals surface area contributed by atoms with Gasteiger partial charge in [-0.05, 0) is 22.0 Å². The molecule has 0 aliphatic rings. The lowest BCUT2D eigenvalue weighted by Gasteiger charge is -2.02. The number of nitrogen functional groups attached to an aromatic ring is 1. The van der Waals surface area contributed by atoms with Gasteiger partial charge >= 0.3 is 0 Å². The molecule has 1 heterocycles. The van der Waals surface area contributed by atoms with Gasteiger partial charge in [0.15, 0.2) is 0 Å². The normalized spacial score (nSPS) is 10.5. The number of aromatic nitrogens is 1. The molecule has 2 aromatic rings. The first kappa shape index (κ1) is 9.97. The molecule has 0 bridgehead atoms. The van der Waals surface area contributed by atoms with Crippen molar-refractivity contribution in [2.24, 2.45) is 0 Å². The molecule has 15 heavy (non-hydrogen) atoms. The topological polar surface area (TPSA) is 72.3 Å². The molecular weight excluding hydrogens is 267 g/mol. The summed E-state index contributed by atoms with van der Waals surface area (Å²) in [6.45, 7) is 0. The van der Waals surface area contributed by atoms with Crippen LogP contribution in [0.2, 0.25) is 0 Å². The summed E-state index contributed by atoms with van der Waals surface area (Å²) in [6, 6.07) is 3.84. The molecule has 0 saturated carbocycles. The van der Waals surface area contributed by atoms with E-state index in [1.165, 1.54) is 12.1 Å². The number of benzene rings is 1. The molecule has 0 fully saturated rings. The molecule has 0 atom stereocenters. The molecule has 0 aliphatic heterocycles. The average Bonchev–Trinajstić information content (AvgIpc) is 2.58. The molecule has 4 nitrogen and oxygen atoms in total. The SMILES string of the molecule is Nc1cc(-c2cc(Br)c(F)cc2O)no1. The quantitative estimate of drug-likeness (QED) is 0.837. The number of halogens is 2. The van der Waals surface area contributed by atoms with E-state index in [1.807, 2.05) is 0 Å². The Morgan fingerprint density at radius 3 is 2.73 bits per heavy atom. The Balaban J connectivity index is 2.58. The summed E-state index contributed by atoms with van der Waals surface area (Å²) in [5.41, 5.74) is 6.04. The van der Waals surface area contributed by atoms with Crippen LogP contribution in [0.25, 0.3) is 11.3 Å². The number of hydrogen-bond donors (Lipinski definition) is 2. The van der Waals surface area contributed by atoms with Gasteiger partial charge in [-0.25, -0.2) is 4.39 Å². The van der Waals surface area contributed by atoms with Crippen LogP contribution < -0.4 is 5.73 Å². The summed E-state index contributed by atoms with van der Waals surface area (Å²) in [6.07, 6.45) is 0. The summed E-state index contributed by atoms with van der Waals surface area (Å²) < 4.78 is 17.9. The Bertz CT molecular complexity index is 513. The minimum absolute atomic E-state index is 0.129. The maximum absolute atomic E-state index is 13.0. The summed E-state index contributed by atoms with van der Waals surface area (Å²) in [5.74, 6) is -0.637. The van der Waals surface area contributed by atoms with Crippen molar-refractivity contribution in [3.63, 3.8) is 0 Å². The van der Waals surface area contributed by atoms with E-state index in [2.05, 4.69) is 25.6 Å². The predicted octanol–water partition coefficient (Wildman–Crippen LogP) is 2.53. The third-order valence-electron chi connectivity index (χ3n) is 1.84. The number of nitrogens with zero attached hydrogens (tertiary/aromatic N) is 1. The van der Waals surface area contributed by atoms with Crippen molar-refractivity contribution >= 4 is 21.8 Å². The Morgan fingerprint density at radius 2 is 2.13 bits per heavy atom. The molecule has 3 N–H and O–H groups in total. The van der Waals surface area contributed by atoms with Crippen LogP contribution in [0.1, 0.15) is 0 Å². The van der Waals surface area contributed by atoms with Crippen LogP contribution in [0, 0.1) is 5.82 Å². The maximum Gasteiger partial charge on any atom is 0.222 e. The third kappa shape index (κ3) is 1.80. The van der Waals surface area contributed by atoms with Crippen LogP contribution in [0.4, 0.5) is 10.3 Å². The second-order valence-electron chi connectivity index (χ2n) is 2.90. The molecule has 0 unspecified atom stereocenters. The van der Waals surface area contributed by atoms with Crippen molar-refractivity contribution < 1.29 is 14.0 Å². The summed E-state index contributed by atoms with van der Waals surface area (Å²) in [5, 5.41) is 13.1. The minimum Gasteiger partial charge on any atom is -0.507 e. The fourth-order valence-corrected chi connectivity index (χ4v) is 1.50. The van der Waals surface area contributed by atoms with E-state index in [0.717, 1.165) is 6.07 Å². The van der Waals surface area contributed by atoms with E-state index in [9.17, 15) is 9.50 Å². The number of hydrogen-bond acceptors (Lipinski definition) is 4. The number of rotatable bonds is 1. The van der Waals surface area contributed by atoms with Crippen molar-refractivity contribution in [2.75, 3.05) is 5.73 Å². The fourth-order valence-electron chi connectivity index (χ4n) is 1.16. The number of phenols is 1. The molecule has 0 radical (unpaired) electrons. The summed E-state index contributed by atoms with van der Waals surface area (Å²) in [4.78, 5) is 0. The number of anilines is 1. The monoisotopic (exact) mass is 272 g/mol. The maximum atomic E-state index is 13.0. The smallest absolute Gasteiger partial charge is 0.222 e. The molecule has 1 aromatic heterocycles. The second-order valence-corrected chi connectivity index (χ2v) is 3.75. The zero-order valence-electron chi connectivity index (χ0n) is 7.37. The van der Waals surface area contributed by atoms with Gasteiger partial charge in [0.25, 0.3) is 0 Å². The van der Waals surface area contributed by atoms with Gasteiger partial charge in [0, 0.05) is 17.7 Å². The van der Waals surface area contributed by atoms with Crippen molar-refractivity contribution in [1.82, 2.24) is 5.16 Å². The van der Waals surface area contributed by atoms with Crippen LogP contribution in [-0.2, 0) is 0 Å². The van der Waals surface area contributed by atoms with Gasteiger partial charge in [0.2, 0.25) is 5.88 Å². The molecule has 2 rings (SSSR count). The molecule has 0 spiro atoms. The summed E-state index contributed by atoms with van der Waals surface area (Å²) >= 11 is 3.01. The van der Waals surface area contributed by atoms with E-state index >= 15 is 0 Å². The highest BCUT2D eigenvalue weighted by Crippen LogP contribution is 2.33. The van der Waals surface area contributed by atoms with E-state index < -0.39 is 5.82 Å². The number of nitrogens with two attached hydrogens (primary N) is 1. The zero-order chi connectivity index (χ0) is 11.0.